The second-order valence-electron chi connectivity index (χ2n) is 7.34. The van der Waals surface area contributed by atoms with Crippen molar-refractivity contribution in [3.8, 4) is 5.69 Å². The molecule has 30 heavy (non-hydrogen) atoms. The minimum atomic E-state index is 0. The van der Waals surface area contributed by atoms with Crippen LogP contribution in [-0.2, 0) is 11.3 Å². The van der Waals surface area contributed by atoms with Crippen LogP contribution in [0.3, 0.4) is 0 Å². The van der Waals surface area contributed by atoms with Crippen LogP contribution in [0.15, 0.2) is 30.3 Å². The number of nitrogens with one attached hydrogen (secondary N) is 1. The van der Waals surface area contributed by atoms with Crippen LogP contribution < -0.4 is 5.32 Å². The number of carbonyl (C=O) groups excluding carboxylic acids is 1. The van der Waals surface area contributed by atoms with E-state index < -0.39 is 0 Å². The van der Waals surface area contributed by atoms with E-state index in [9.17, 15) is 4.79 Å². The van der Waals surface area contributed by atoms with Gasteiger partial charge in [-0.2, -0.15) is 4.68 Å². The highest BCUT2D eigenvalue weighted by Crippen LogP contribution is 2.11. The summed E-state index contributed by atoms with van der Waals surface area (Å²) in [6.07, 6.45) is 0.617. The molecule has 2 aromatic rings. The Bertz CT molecular complexity index is 761. The molecule has 2 aliphatic rings. The number of piperazine rings is 2. The maximum absolute atomic E-state index is 12.3. The molecule has 0 saturated carbocycles. The van der Waals surface area contributed by atoms with E-state index in [0.717, 1.165) is 77.0 Å². The Hall–Kier alpha value is -1.78. The summed E-state index contributed by atoms with van der Waals surface area (Å²) in [5.74, 6) is 1.14. The highest BCUT2D eigenvalue weighted by molar-refractivity contribution is 5.85. The van der Waals surface area contributed by atoms with Crippen molar-refractivity contribution in [1.82, 2.24) is 40.2 Å². The van der Waals surface area contributed by atoms with E-state index in [-0.39, 0.29) is 30.7 Å². The maximum atomic E-state index is 12.3. The second kappa shape index (κ2) is 12.2. The molecule has 1 aromatic heterocycles. The number of halogens is 2. The van der Waals surface area contributed by atoms with Gasteiger partial charge in [0, 0.05) is 65.3 Å². The molecule has 0 spiro atoms. The van der Waals surface area contributed by atoms with Gasteiger partial charge in [-0.25, -0.2) is 0 Å². The Morgan fingerprint density at radius 1 is 0.933 bits per heavy atom. The predicted molar refractivity (Wildman–Crippen MR) is 119 cm³/mol. The van der Waals surface area contributed by atoms with E-state index in [0.29, 0.717) is 6.42 Å². The molecule has 2 aliphatic heterocycles. The summed E-state index contributed by atoms with van der Waals surface area (Å²) < 4.78 is 1.80. The zero-order chi connectivity index (χ0) is 19.2. The average molecular weight is 457 g/mol. The largest absolute Gasteiger partial charge is 0.340 e. The van der Waals surface area contributed by atoms with Gasteiger partial charge in [-0.05, 0) is 22.6 Å². The molecule has 2 fully saturated rings. The summed E-state index contributed by atoms with van der Waals surface area (Å²) in [6, 6.07) is 9.97. The Balaban J connectivity index is 0.00000160. The quantitative estimate of drug-likeness (QED) is 0.675. The van der Waals surface area contributed by atoms with Crippen LogP contribution in [-0.4, -0.2) is 99.7 Å². The van der Waals surface area contributed by atoms with Crippen LogP contribution in [0.4, 0.5) is 0 Å². The van der Waals surface area contributed by atoms with Gasteiger partial charge in [0.1, 0.15) is 0 Å². The number of hydrogen-bond donors (Lipinski definition) is 1. The van der Waals surface area contributed by atoms with Crippen molar-refractivity contribution in [2.75, 3.05) is 58.9 Å². The number of nitrogens with zero attached hydrogens (tertiary/aromatic N) is 7. The first-order valence-corrected chi connectivity index (χ1v) is 10.1. The van der Waals surface area contributed by atoms with Gasteiger partial charge >= 0.3 is 0 Å². The minimum absolute atomic E-state index is 0. The number of hydrogen-bond acceptors (Lipinski definition) is 7. The SMILES string of the molecule is Cl.Cl.O=C(CCN1CCN(Cc2nnnn2-c2ccccc2)CC1)N1CCNCC1. The number of aromatic nitrogens is 4. The monoisotopic (exact) mass is 456 g/mol. The first-order valence-electron chi connectivity index (χ1n) is 10.1. The number of para-hydroxylation sites is 1. The van der Waals surface area contributed by atoms with Crippen molar-refractivity contribution in [3.63, 3.8) is 0 Å². The molecule has 1 N–H and O–H groups in total. The van der Waals surface area contributed by atoms with E-state index in [4.69, 9.17) is 0 Å². The summed E-state index contributed by atoms with van der Waals surface area (Å²) in [6.45, 7) is 8.94. The lowest BCUT2D eigenvalue weighted by atomic mass is 10.2. The maximum Gasteiger partial charge on any atom is 0.223 e. The number of amides is 1. The molecule has 166 valence electrons. The third-order valence-electron chi connectivity index (χ3n) is 5.48. The van der Waals surface area contributed by atoms with Gasteiger partial charge in [-0.1, -0.05) is 18.2 Å². The molecule has 1 amide bonds. The van der Waals surface area contributed by atoms with E-state index >= 15 is 0 Å². The Morgan fingerprint density at radius 2 is 1.60 bits per heavy atom. The Morgan fingerprint density at radius 3 is 2.30 bits per heavy atom. The van der Waals surface area contributed by atoms with Gasteiger partial charge in [0.05, 0.1) is 12.2 Å². The predicted octanol–water partition coefficient (Wildman–Crippen LogP) is 0.445. The number of carbonyl (C=O) groups is 1. The molecule has 0 atom stereocenters. The molecular formula is C19H30Cl2N8O. The summed E-state index contributed by atoms with van der Waals surface area (Å²) in [7, 11) is 0. The number of benzene rings is 1. The molecule has 0 bridgehead atoms. The fraction of sp³-hybridized carbons (Fsp3) is 0.579. The van der Waals surface area contributed by atoms with E-state index in [2.05, 4.69) is 30.6 Å². The summed E-state index contributed by atoms with van der Waals surface area (Å²) in [5.41, 5.74) is 0.979. The fourth-order valence-corrected chi connectivity index (χ4v) is 3.77. The van der Waals surface area contributed by atoms with Gasteiger partial charge in [-0.3, -0.25) is 9.69 Å². The zero-order valence-electron chi connectivity index (χ0n) is 17.0. The summed E-state index contributed by atoms with van der Waals surface area (Å²) in [4.78, 5) is 19.1. The topological polar surface area (TPSA) is 82.4 Å². The normalized spacial score (nSPS) is 17.8. The van der Waals surface area contributed by atoms with Crippen LogP contribution in [0.2, 0.25) is 0 Å². The standard InChI is InChI=1S/C19H28N8O.2ClH/c28-19(26-10-7-20-8-11-26)6-9-24-12-14-25(15-13-24)16-18-21-22-23-27(18)17-4-2-1-3-5-17;;/h1-5,20H,6-16H2;2*1H. The fourth-order valence-electron chi connectivity index (χ4n) is 3.77. The van der Waals surface area contributed by atoms with Crippen molar-refractivity contribution in [1.29, 1.82) is 0 Å². The Labute approximate surface area is 189 Å². The van der Waals surface area contributed by atoms with Crippen molar-refractivity contribution in [2.24, 2.45) is 0 Å². The summed E-state index contributed by atoms with van der Waals surface area (Å²) in [5, 5.41) is 15.5. The molecule has 4 rings (SSSR count). The average Bonchev–Trinajstić information content (AvgIpc) is 3.22. The molecule has 11 heteroatoms. The van der Waals surface area contributed by atoms with Gasteiger partial charge < -0.3 is 15.1 Å². The smallest absolute Gasteiger partial charge is 0.223 e. The minimum Gasteiger partial charge on any atom is -0.340 e. The third-order valence-corrected chi connectivity index (χ3v) is 5.48. The van der Waals surface area contributed by atoms with Gasteiger partial charge in [0.25, 0.3) is 0 Å². The lowest BCUT2D eigenvalue weighted by Gasteiger charge is -2.35. The highest BCUT2D eigenvalue weighted by Gasteiger charge is 2.21. The van der Waals surface area contributed by atoms with Gasteiger partial charge in [0.15, 0.2) is 5.82 Å². The van der Waals surface area contributed by atoms with E-state index in [1.54, 1.807) is 4.68 Å². The van der Waals surface area contributed by atoms with Crippen LogP contribution in [0.25, 0.3) is 5.69 Å². The lowest BCUT2D eigenvalue weighted by Crippen LogP contribution is -2.49. The zero-order valence-corrected chi connectivity index (χ0v) is 18.7. The molecule has 0 unspecified atom stereocenters. The second-order valence-corrected chi connectivity index (χ2v) is 7.34. The van der Waals surface area contributed by atoms with Gasteiger partial charge in [-0.15, -0.1) is 29.9 Å². The molecular weight excluding hydrogens is 427 g/mol. The first kappa shape index (κ1) is 24.5. The van der Waals surface area contributed by atoms with Crippen LogP contribution in [0, 0.1) is 0 Å². The Kier molecular flexibility index (Phi) is 9.93. The molecule has 0 aliphatic carbocycles. The third kappa shape index (κ3) is 6.36. The molecule has 1 aromatic carbocycles. The van der Waals surface area contributed by atoms with Crippen molar-refractivity contribution < 1.29 is 4.79 Å². The first-order chi connectivity index (χ1) is 13.8. The van der Waals surface area contributed by atoms with Crippen LogP contribution >= 0.6 is 24.8 Å². The number of rotatable bonds is 6. The van der Waals surface area contributed by atoms with E-state index in [1.807, 2.05) is 35.2 Å². The van der Waals surface area contributed by atoms with E-state index in [1.165, 1.54) is 0 Å². The van der Waals surface area contributed by atoms with Crippen molar-refractivity contribution in [3.05, 3.63) is 36.2 Å². The van der Waals surface area contributed by atoms with Crippen molar-refractivity contribution >= 4 is 30.7 Å². The van der Waals surface area contributed by atoms with Gasteiger partial charge in [0.2, 0.25) is 5.91 Å². The molecule has 2 saturated heterocycles. The van der Waals surface area contributed by atoms with Crippen molar-refractivity contribution in [2.45, 2.75) is 13.0 Å². The molecule has 9 nitrogen and oxygen atoms in total. The highest BCUT2D eigenvalue weighted by atomic mass is 35.5. The van der Waals surface area contributed by atoms with Crippen LogP contribution in [0.1, 0.15) is 12.2 Å². The number of tetrazole rings is 1. The molecule has 3 heterocycles. The van der Waals surface area contributed by atoms with Crippen LogP contribution in [0.5, 0.6) is 0 Å². The summed E-state index contributed by atoms with van der Waals surface area (Å²) >= 11 is 0. The molecule has 0 radical (unpaired) electrons. The lowest BCUT2D eigenvalue weighted by molar-refractivity contribution is -0.132.